The lowest BCUT2D eigenvalue weighted by Gasteiger charge is -2.07. The summed E-state index contributed by atoms with van der Waals surface area (Å²) in [6, 6.07) is 6.53. The lowest BCUT2D eigenvalue weighted by Crippen LogP contribution is -2.02. The number of ether oxygens (including phenoxy) is 1. The van der Waals surface area contributed by atoms with Crippen LogP contribution in [0.5, 0.6) is 5.75 Å². The van der Waals surface area contributed by atoms with E-state index < -0.39 is 7.82 Å². The Labute approximate surface area is 98.4 Å². The largest absolute Gasteiger partial charge is 0.494 e. The molecule has 0 aliphatic heterocycles. The zero-order valence-electron chi connectivity index (χ0n) is 8.98. The molecule has 0 heterocycles. The third kappa shape index (κ3) is 6.19. The van der Waals surface area contributed by atoms with Crippen molar-refractivity contribution in [1.29, 1.82) is 0 Å². The van der Waals surface area contributed by atoms with Gasteiger partial charge in [-0.05, 0) is 24.3 Å². The van der Waals surface area contributed by atoms with Gasteiger partial charge in [-0.2, -0.15) is 0 Å². The molecule has 2 N–H and O–H groups in total. The van der Waals surface area contributed by atoms with E-state index in [9.17, 15) is 9.36 Å². The van der Waals surface area contributed by atoms with Gasteiger partial charge < -0.3 is 14.5 Å². The van der Waals surface area contributed by atoms with Gasteiger partial charge >= 0.3 is 7.82 Å². The van der Waals surface area contributed by atoms with Crippen molar-refractivity contribution in [2.45, 2.75) is 6.42 Å². The van der Waals surface area contributed by atoms with Gasteiger partial charge in [0.25, 0.3) is 0 Å². The standard InChI is InChI=1S/C10H13O6P/c11-8-9-2-4-10(5-3-9)15-6-1-7-16-17(12,13)14/h2-5,8H,1,6-7H2,(H2,12,13,14). The third-order valence-corrected chi connectivity index (χ3v) is 2.35. The average Bonchev–Trinajstić information content (AvgIpc) is 2.28. The molecular weight excluding hydrogens is 247 g/mol. The van der Waals surface area contributed by atoms with Crippen LogP contribution in [0.15, 0.2) is 24.3 Å². The minimum absolute atomic E-state index is 0.0727. The van der Waals surface area contributed by atoms with Gasteiger partial charge in [0.2, 0.25) is 0 Å². The molecule has 1 rings (SSSR count). The van der Waals surface area contributed by atoms with E-state index in [1.165, 1.54) is 0 Å². The molecule has 17 heavy (non-hydrogen) atoms. The molecule has 6 nitrogen and oxygen atoms in total. The first kappa shape index (κ1) is 13.9. The zero-order valence-corrected chi connectivity index (χ0v) is 9.88. The van der Waals surface area contributed by atoms with E-state index in [0.717, 1.165) is 6.29 Å². The number of benzene rings is 1. The smallest absolute Gasteiger partial charge is 0.469 e. The highest BCUT2D eigenvalue weighted by atomic mass is 31.2. The Balaban J connectivity index is 2.22. The van der Waals surface area contributed by atoms with Crippen LogP contribution >= 0.6 is 7.82 Å². The minimum atomic E-state index is -4.38. The van der Waals surface area contributed by atoms with Crippen molar-refractivity contribution < 1.29 is 28.4 Å². The molecule has 0 aliphatic rings. The predicted octanol–water partition coefficient (Wildman–Crippen LogP) is 1.38. The fraction of sp³-hybridized carbons (Fsp3) is 0.300. The summed E-state index contributed by atoms with van der Waals surface area (Å²) in [5, 5.41) is 0. The van der Waals surface area contributed by atoms with Crippen molar-refractivity contribution in [3.05, 3.63) is 29.8 Å². The van der Waals surface area contributed by atoms with E-state index in [-0.39, 0.29) is 13.2 Å². The molecule has 0 unspecified atom stereocenters. The van der Waals surface area contributed by atoms with Crippen LogP contribution in [0.1, 0.15) is 16.8 Å². The Morgan fingerprint density at radius 3 is 2.35 bits per heavy atom. The highest BCUT2D eigenvalue weighted by Crippen LogP contribution is 2.35. The SMILES string of the molecule is O=Cc1ccc(OCCCOP(=O)(O)O)cc1. The monoisotopic (exact) mass is 260 g/mol. The molecule has 1 aromatic carbocycles. The second-order valence-corrected chi connectivity index (χ2v) is 4.45. The van der Waals surface area contributed by atoms with Gasteiger partial charge in [0.15, 0.2) is 0 Å². The van der Waals surface area contributed by atoms with Crippen molar-refractivity contribution in [1.82, 2.24) is 0 Å². The molecular formula is C10H13O6P. The van der Waals surface area contributed by atoms with Crippen molar-refractivity contribution in [3.8, 4) is 5.75 Å². The Bertz CT molecular complexity index is 396. The van der Waals surface area contributed by atoms with Crippen LogP contribution in [-0.4, -0.2) is 29.3 Å². The van der Waals surface area contributed by atoms with Crippen LogP contribution in [0.3, 0.4) is 0 Å². The number of rotatable bonds is 7. The summed E-state index contributed by atoms with van der Waals surface area (Å²) in [4.78, 5) is 27.2. The summed E-state index contributed by atoms with van der Waals surface area (Å²) in [5.74, 6) is 0.590. The summed E-state index contributed by atoms with van der Waals surface area (Å²) in [5.41, 5.74) is 0.558. The van der Waals surface area contributed by atoms with E-state index in [0.29, 0.717) is 17.7 Å². The second-order valence-electron chi connectivity index (χ2n) is 3.21. The van der Waals surface area contributed by atoms with Crippen LogP contribution < -0.4 is 4.74 Å². The number of hydrogen-bond donors (Lipinski definition) is 2. The number of carbonyl (C=O) groups is 1. The average molecular weight is 260 g/mol. The first-order chi connectivity index (χ1) is 8.01. The number of phosphoric ester groups is 1. The van der Waals surface area contributed by atoms with Gasteiger partial charge in [0.1, 0.15) is 12.0 Å². The van der Waals surface area contributed by atoms with Crippen LogP contribution in [0.2, 0.25) is 0 Å². The first-order valence-corrected chi connectivity index (χ1v) is 6.42. The lowest BCUT2D eigenvalue weighted by molar-refractivity contribution is 0.112. The molecule has 0 aromatic heterocycles. The molecule has 1 aromatic rings. The topological polar surface area (TPSA) is 93.1 Å². The molecule has 7 heteroatoms. The highest BCUT2D eigenvalue weighted by molar-refractivity contribution is 7.46. The summed E-state index contributed by atoms with van der Waals surface area (Å²) in [6.07, 6.45) is 1.10. The first-order valence-electron chi connectivity index (χ1n) is 4.89. The second kappa shape index (κ2) is 6.51. The predicted molar refractivity (Wildman–Crippen MR) is 59.9 cm³/mol. The van der Waals surface area contributed by atoms with Gasteiger partial charge in [0.05, 0.1) is 13.2 Å². The Kier molecular flexibility index (Phi) is 5.31. The molecule has 0 atom stereocenters. The Morgan fingerprint density at radius 2 is 1.82 bits per heavy atom. The van der Waals surface area contributed by atoms with E-state index >= 15 is 0 Å². The van der Waals surface area contributed by atoms with Gasteiger partial charge in [-0.1, -0.05) is 0 Å². The van der Waals surface area contributed by atoms with Gasteiger partial charge in [0, 0.05) is 12.0 Å². The number of aldehydes is 1. The zero-order chi connectivity index (χ0) is 12.7. The molecule has 0 bridgehead atoms. The molecule has 0 saturated heterocycles. The fourth-order valence-electron chi connectivity index (χ4n) is 1.08. The van der Waals surface area contributed by atoms with E-state index in [1.54, 1.807) is 24.3 Å². The van der Waals surface area contributed by atoms with Crippen LogP contribution in [0.25, 0.3) is 0 Å². The number of hydrogen-bond acceptors (Lipinski definition) is 4. The number of phosphoric acid groups is 1. The Hall–Kier alpha value is -1.20. The quantitative estimate of drug-likeness (QED) is 0.437. The molecule has 0 spiro atoms. The maximum atomic E-state index is 10.4. The van der Waals surface area contributed by atoms with Crippen molar-refractivity contribution in [3.63, 3.8) is 0 Å². The summed E-state index contributed by atoms with van der Waals surface area (Å²) < 4.78 is 19.8. The van der Waals surface area contributed by atoms with Crippen molar-refractivity contribution >= 4 is 14.1 Å². The molecule has 0 fully saturated rings. The van der Waals surface area contributed by atoms with Crippen LogP contribution in [0.4, 0.5) is 0 Å². The molecule has 0 aliphatic carbocycles. The van der Waals surface area contributed by atoms with Crippen molar-refractivity contribution in [2.24, 2.45) is 0 Å². The molecule has 94 valence electrons. The summed E-state index contributed by atoms with van der Waals surface area (Å²) in [6.45, 7) is 0.205. The third-order valence-electron chi connectivity index (χ3n) is 1.83. The maximum Gasteiger partial charge on any atom is 0.469 e. The number of carbonyl (C=O) groups excluding carboxylic acids is 1. The molecule has 0 radical (unpaired) electrons. The van der Waals surface area contributed by atoms with Crippen LogP contribution in [-0.2, 0) is 9.09 Å². The van der Waals surface area contributed by atoms with Gasteiger partial charge in [-0.15, -0.1) is 0 Å². The highest BCUT2D eigenvalue weighted by Gasteiger charge is 2.12. The van der Waals surface area contributed by atoms with E-state index in [1.807, 2.05) is 0 Å². The summed E-state index contributed by atoms with van der Waals surface area (Å²) in [7, 11) is -4.38. The van der Waals surface area contributed by atoms with Gasteiger partial charge in [-0.25, -0.2) is 4.57 Å². The minimum Gasteiger partial charge on any atom is -0.494 e. The molecule has 0 saturated carbocycles. The van der Waals surface area contributed by atoms with E-state index in [2.05, 4.69) is 4.52 Å². The summed E-state index contributed by atoms with van der Waals surface area (Å²) >= 11 is 0. The lowest BCUT2D eigenvalue weighted by atomic mass is 10.2. The maximum absolute atomic E-state index is 10.4. The Morgan fingerprint density at radius 1 is 1.18 bits per heavy atom. The fourth-order valence-corrected chi connectivity index (χ4v) is 1.44. The normalized spacial score (nSPS) is 11.2. The van der Waals surface area contributed by atoms with Crippen LogP contribution in [0, 0.1) is 0 Å². The van der Waals surface area contributed by atoms with Gasteiger partial charge in [-0.3, -0.25) is 9.32 Å². The van der Waals surface area contributed by atoms with Crippen molar-refractivity contribution in [2.75, 3.05) is 13.2 Å². The van der Waals surface area contributed by atoms with E-state index in [4.69, 9.17) is 14.5 Å². The molecule has 0 amide bonds.